The first-order valence-corrected chi connectivity index (χ1v) is 8.58. The highest BCUT2D eigenvalue weighted by Crippen LogP contribution is 2.30. The molecule has 0 saturated heterocycles. The average molecular weight is 329 g/mol. The summed E-state index contributed by atoms with van der Waals surface area (Å²) in [7, 11) is -3.65. The first-order valence-electron chi connectivity index (χ1n) is 7.10. The maximum absolute atomic E-state index is 12.9. The van der Waals surface area contributed by atoms with Crippen LogP contribution in [-0.4, -0.2) is 24.1 Å². The van der Waals surface area contributed by atoms with Crippen molar-refractivity contribution in [2.24, 2.45) is 0 Å². The third kappa shape index (κ3) is 2.85. The zero-order valence-corrected chi connectivity index (χ0v) is 13.0. The molecule has 0 atom stereocenters. The van der Waals surface area contributed by atoms with Crippen molar-refractivity contribution in [3.05, 3.63) is 60.8 Å². The number of sulfone groups is 1. The quantitative estimate of drug-likeness (QED) is 0.781. The van der Waals surface area contributed by atoms with E-state index in [4.69, 9.17) is 5.11 Å². The second-order valence-electron chi connectivity index (χ2n) is 5.16. The number of fused-ring (bicyclic) bond motifs is 1. The van der Waals surface area contributed by atoms with E-state index < -0.39 is 15.8 Å². The van der Waals surface area contributed by atoms with Gasteiger partial charge in [0, 0.05) is 23.6 Å². The Labute approximate surface area is 133 Å². The Bertz CT molecular complexity index is 959. The molecule has 2 aromatic carbocycles. The van der Waals surface area contributed by atoms with Crippen LogP contribution in [0.15, 0.2) is 70.6 Å². The number of rotatable bonds is 5. The van der Waals surface area contributed by atoms with Crippen molar-refractivity contribution in [1.29, 1.82) is 0 Å². The maximum atomic E-state index is 12.9. The highest BCUT2D eigenvalue weighted by atomic mass is 32.2. The van der Waals surface area contributed by atoms with Crippen LogP contribution in [0.2, 0.25) is 0 Å². The Balaban J connectivity index is 2.17. The van der Waals surface area contributed by atoms with Gasteiger partial charge in [-0.15, -0.1) is 0 Å². The number of carboxylic acid groups (broad SMARTS) is 1. The van der Waals surface area contributed by atoms with Crippen LogP contribution in [0.1, 0.15) is 6.42 Å². The van der Waals surface area contributed by atoms with Crippen molar-refractivity contribution in [2.75, 3.05) is 0 Å². The molecule has 1 heterocycles. The number of aliphatic carboxylic acids is 1. The fourth-order valence-corrected chi connectivity index (χ4v) is 4.05. The minimum Gasteiger partial charge on any atom is -0.481 e. The van der Waals surface area contributed by atoms with Crippen LogP contribution in [0.3, 0.4) is 0 Å². The molecule has 5 nitrogen and oxygen atoms in total. The normalized spacial score (nSPS) is 11.7. The van der Waals surface area contributed by atoms with E-state index in [1.807, 2.05) is 0 Å². The SMILES string of the molecule is O=C(O)CCn1cc(S(=O)(=O)c2ccccc2)c2ccccc21. The number of aromatic nitrogens is 1. The molecule has 0 spiro atoms. The van der Waals surface area contributed by atoms with Crippen LogP contribution in [0.4, 0.5) is 0 Å². The molecule has 23 heavy (non-hydrogen) atoms. The van der Waals surface area contributed by atoms with Gasteiger partial charge in [-0.2, -0.15) is 0 Å². The van der Waals surface area contributed by atoms with Crippen LogP contribution in [-0.2, 0) is 21.2 Å². The Morgan fingerprint density at radius 1 is 1.00 bits per heavy atom. The van der Waals surface area contributed by atoms with Crippen LogP contribution in [0.25, 0.3) is 10.9 Å². The number of hydrogen-bond donors (Lipinski definition) is 1. The van der Waals surface area contributed by atoms with Crippen molar-refractivity contribution in [3.8, 4) is 0 Å². The molecule has 1 N–H and O–H groups in total. The van der Waals surface area contributed by atoms with E-state index >= 15 is 0 Å². The molecule has 0 radical (unpaired) electrons. The summed E-state index contributed by atoms with van der Waals surface area (Å²) < 4.78 is 27.4. The Hall–Kier alpha value is -2.60. The second-order valence-corrected chi connectivity index (χ2v) is 7.08. The topological polar surface area (TPSA) is 76.4 Å². The van der Waals surface area contributed by atoms with Crippen molar-refractivity contribution in [2.45, 2.75) is 22.8 Å². The predicted molar refractivity (Wildman–Crippen MR) is 86.1 cm³/mol. The number of benzene rings is 2. The number of aryl methyl sites for hydroxylation is 1. The van der Waals surface area contributed by atoms with Gasteiger partial charge in [0.25, 0.3) is 0 Å². The van der Waals surface area contributed by atoms with Gasteiger partial charge in [-0.05, 0) is 18.2 Å². The molecule has 0 saturated carbocycles. The van der Waals surface area contributed by atoms with Gasteiger partial charge in [-0.25, -0.2) is 8.42 Å². The van der Waals surface area contributed by atoms with E-state index in [2.05, 4.69) is 0 Å². The molecule has 118 valence electrons. The summed E-state index contributed by atoms with van der Waals surface area (Å²) in [6.45, 7) is 0.222. The summed E-state index contributed by atoms with van der Waals surface area (Å²) in [6, 6.07) is 15.3. The smallest absolute Gasteiger partial charge is 0.305 e. The lowest BCUT2D eigenvalue weighted by Crippen LogP contribution is -2.04. The van der Waals surface area contributed by atoms with Gasteiger partial charge < -0.3 is 9.67 Å². The number of carboxylic acids is 1. The molecule has 0 aliphatic heterocycles. The van der Waals surface area contributed by atoms with Crippen molar-refractivity contribution >= 4 is 26.7 Å². The fraction of sp³-hybridized carbons (Fsp3) is 0.118. The molecule has 0 aliphatic carbocycles. The third-order valence-corrected chi connectivity index (χ3v) is 5.46. The molecular formula is C17H15NO4S. The van der Waals surface area contributed by atoms with Gasteiger partial charge in [0.2, 0.25) is 9.84 Å². The molecular weight excluding hydrogens is 314 g/mol. The number of carbonyl (C=O) groups is 1. The highest BCUT2D eigenvalue weighted by Gasteiger charge is 2.23. The van der Waals surface area contributed by atoms with Crippen molar-refractivity contribution < 1.29 is 18.3 Å². The van der Waals surface area contributed by atoms with Crippen molar-refractivity contribution in [3.63, 3.8) is 0 Å². The largest absolute Gasteiger partial charge is 0.481 e. The monoisotopic (exact) mass is 329 g/mol. The van der Waals surface area contributed by atoms with Crippen LogP contribution in [0, 0.1) is 0 Å². The third-order valence-electron chi connectivity index (χ3n) is 3.66. The molecule has 3 rings (SSSR count). The van der Waals surface area contributed by atoms with E-state index in [1.54, 1.807) is 59.2 Å². The van der Waals surface area contributed by atoms with Gasteiger partial charge in [0.05, 0.1) is 16.2 Å². The van der Waals surface area contributed by atoms with E-state index in [0.29, 0.717) is 10.9 Å². The summed E-state index contributed by atoms with van der Waals surface area (Å²) in [6.07, 6.45) is 1.46. The zero-order chi connectivity index (χ0) is 16.4. The molecule has 0 fully saturated rings. The minimum absolute atomic E-state index is 0.0660. The lowest BCUT2D eigenvalue weighted by atomic mass is 10.2. The lowest BCUT2D eigenvalue weighted by Gasteiger charge is -2.02. The predicted octanol–water partition coefficient (Wildman–Crippen LogP) is 2.95. The standard InChI is InChI=1S/C17H15NO4S/c19-17(20)10-11-18-12-16(14-8-4-5-9-15(14)18)23(21,22)13-6-2-1-3-7-13/h1-9,12H,10-11H2,(H,19,20). The molecule has 0 bridgehead atoms. The van der Waals surface area contributed by atoms with E-state index in [1.165, 1.54) is 6.20 Å². The van der Waals surface area contributed by atoms with Crippen molar-refractivity contribution in [1.82, 2.24) is 4.57 Å². The second kappa shape index (κ2) is 5.89. The number of para-hydroxylation sites is 1. The lowest BCUT2D eigenvalue weighted by molar-refractivity contribution is -0.137. The Morgan fingerprint density at radius 2 is 1.65 bits per heavy atom. The zero-order valence-electron chi connectivity index (χ0n) is 12.2. The highest BCUT2D eigenvalue weighted by molar-refractivity contribution is 7.91. The Kier molecular flexibility index (Phi) is 3.92. The minimum atomic E-state index is -3.65. The van der Waals surface area contributed by atoms with Gasteiger partial charge >= 0.3 is 5.97 Å². The molecule has 3 aromatic rings. The first-order chi connectivity index (χ1) is 11.0. The molecule has 0 amide bonds. The molecule has 6 heteroatoms. The summed E-state index contributed by atoms with van der Waals surface area (Å²) in [4.78, 5) is 11.2. The van der Waals surface area contributed by atoms with Gasteiger partial charge in [0.1, 0.15) is 0 Å². The van der Waals surface area contributed by atoms with E-state index in [9.17, 15) is 13.2 Å². The Morgan fingerprint density at radius 3 is 2.35 bits per heavy atom. The molecule has 0 aliphatic rings. The van der Waals surface area contributed by atoms with Gasteiger partial charge in [-0.1, -0.05) is 36.4 Å². The summed E-state index contributed by atoms with van der Waals surface area (Å²) in [5.41, 5.74) is 0.711. The number of nitrogens with zero attached hydrogens (tertiary/aromatic N) is 1. The van der Waals surface area contributed by atoms with E-state index in [-0.39, 0.29) is 22.8 Å². The summed E-state index contributed by atoms with van der Waals surface area (Å²) >= 11 is 0. The maximum Gasteiger partial charge on any atom is 0.305 e. The molecule has 0 unspecified atom stereocenters. The van der Waals surface area contributed by atoms with E-state index in [0.717, 1.165) is 0 Å². The molecule has 1 aromatic heterocycles. The van der Waals surface area contributed by atoms with Crippen LogP contribution in [0.5, 0.6) is 0 Å². The van der Waals surface area contributed by atoms with Crippen LogP contribution < -0.4 is 0 Å². The summed E-state index contributed by atoms with van der Waals surface area (Å²) in [5.74, 6) is -0.921. The first kappa shape index (κ1) is 15.3. The van der Waals surface area contributed by atoms with Crippen LogP contribution >= 0.6 is 0 Å². The summed E-state index contributed by atoms with van der Waals surface area (Å²) in [5, 5.41) is 9.46. The van der Waals surface area contributed by atoms with Gasteiger partial charge in [-0.3, -0.25) is 4.79 Å². The fourth-order valence-electron chi connectivity index (χ4n) is 2.55. The average Bonchev–Trinajstić information content (AvgIpc) is 2.93. The van der Waals surface area contributed by atoms with Gasteiger partial charge in [0.15, 0.2) is 0 Å². The number of hydrogen-bond acceptors (Lipinski definition) is 3.